The van der Waals surface area contributed by atoms with E-state index in [2.05, 4.69) is 131 Å². The standard InChI is InChI=1S/C50H83NO/c1-40(2)21-12-22-41(3)23-13-24-42(4)25-14-26-43(5)27-15-28-44(6)29-16-30-45(7)31-17-32-46(8)33-18-34-47(9)35-19-36-48(10)37-20-38-49(11)39-50(51)52/h21,23,25,27,29,31,33,35,37,49H,12-20,22,24,26,28,30,32,34,36,38-39H2,1-11H3,(H2,51,52). The van der Waals surface area contributed by atoms with Gasteiger partial charge in [-0.05, 0) is 191 Å². The Labute approximate surface area is 324 Å². The van der Waals surface area contributed by atoms with Crippen LogP contribution in [0.3, 0.4) is 0 Å². The summed E-state index contributed by atoms with van der Waals surface area (Å²) in [6.45, 7) is 24.7. The molecule has 0 fully saturated rings. The van der Waals surface area contributed by atoms with E-state index in [1.54, 1.807) is 0 Å². The van der Waals surface area contributed by atoms with Crippen LogP contribution in [0.4, 0.5) is 0 Å². The Morgan fingerprint density at radius 3 is 0.808 bits per heavy atom. The molecule has 0 saturated heterocycles. The van der Waals surface area contributed by atoms with Gasteiger partial charge in [-0.1, -0.05) is 112 Å². The van der Waals surface area contributed by atoms with Crippen molar-refractivity contribution in [2.75, 3.05) is 0 Å². The van der Waals surface area contributed by atoms with E-state index < -0.39 is 0 Å². The van der Waals surface area contributed by atoms with Gasteiger partial charge in [-0.3, -0.25) is 4.79 Å². The van der Waals surface area contributed by atoms with Crippen LogP contribution in [0.1, 0.15) is 198 Å². The molecule has 0 aromatic heterocycles. The fraction of sp³-hybridized carbons (Fsp3) is 0.620. The first-order chi connectivity index (χ1) is 24.7. The molecule has 0 bridgehead atoms. The third-order valence-corrected chi connectivity index (χ3v) is 10.0. The molecule has 2 nitrogen and oxygen atoms in total. The van der Waals surface area contributed by atoms with Crippen LogP contribution < -0.4 is 5.73 Å². The molecule has 0 aliphatic heterocycles. The van der Waals surface area contributed by atoms with Gasteiger partial charge >= 0.3 is 0 Å². The van der Waals surface area contributed by atoms with E-state index in [0.717, 1.165) is 70.6 Å². The monoisotopic (exact) mass is 714 g/mol. The van der Waals surface area contributed by atoms with Gasteiger partial charge < -0.3 is 5.73 Å². The zero-order valence-corrected chi connectivity index (χ0v) is 36.2. The Morgan fingerprint density at radius 1 is 0.385 bits per heavy atom. The second-order valence-corrected chi connectivity index (χ2v) is 16.3. The predicted octanol–water partition coefficient (Wildman–Crippen LogP) is 16.1. The van der Waals surface area contributed by atoms with E-state index in [4.69, 9.17) is 5.73 Å². The molecule has 294 valence electrons. The summed E-state index contributed by atoms with van der Waals surface area (Å²) in [5, 5.41) is 0. The average molecular weight is 714 g/mol. The molecule has 0 aliphatic rings. The Morgan fingerprint density at radius 2 is 0.596 bits per heavy atom. The number of nitrogens with two attached hydrogens (primary N) is 1. The molecule has 1 unspecified atom stereocenters. The Balaban J connectivity index is 4.23. The highest BCUT2D eigenvalue weighted by Gasteiger charge is 2.04. The molecule has 1 amide bonds. The fourth-order valence-corrected chi connectivity index (χ4v) is 6.29. The van der Waals surface area contributed by atoms with Gasteiger partial charge in [-0.2, -0.15) is 0 Å². The van der Waals surface area contributed by atoms with Crippen LogP contribution in [0.2, 0.25) is 0 Å². The molecule has 0 heterocycles. The number of amides is 1. The smallest absolute Gasteiger partial charge is 0.217 e. The van der Waals surface area contributed by atoms with E-state index in [1.807, 2.05) is 0 Å². The van der Waals surface area contributed by atoms with Crippen molar-refractivity contribution < 1.29 is 4.79 Å². The Hall–Kier alpha value is -2.87. The van der Waals surface area contributed by atoms with Crippen LogP contribution >= 0.6 is 0 Å². The van der Waals surface area contributed by atoms with Gasteiger partial charge in [0, 0.05) is 6.42 Å². The molecule has 0 saturated carbocycles. The van der Waals surface area contributed by atoms with Crippen molar-refractivity contribution in [2.24, 2.45) is 11.7 Å². The second kappa shape index (κ2) is 31.6. The summed E-state index contributed by atoms with van der Waals surface area (Å²) in [5.41, 5.74) is 18.8. The van der Waals surface area contributed by atoms with Crippen molar-refractivity contribution in [1.29, 1.82) is 0 Å². The zero-order valence-electron chi connectivity index (χ0n) is 36.2. The van der Waals surface area contributed by atoms with Crippen LogP contribution in [0, 0.1) is 5.92 Å². The maximum absolute atomic E-state index is 11.0. The summed E-state index contributed by atoms with van der Waals surface area (Å²) < 4.78 is 0. The molecule has 52 heavy (non-hydrogen) atoms. The quantitative estimate of drug-likeness (QED) is 0.0771. The first-order valence-corrected chi connectivity index (χ1v) is 20.8. The third kappa shape index (κ3) is 33.0. The molecular formula is C50H83NO. The lowest BCUT2D eigenvalue weighted by molar-refractivity contribution is -0.118. The molecule has 0 rings (SSSR count). The van der Waals surface area contributed by atoms with Crippen molar-refractivity contribution >= 4 is 5.91 Å². The normalized spacial score (nSPS) is 15.0. The van der Waals surface area contributed by atoms with Crippen molar-refractivity contribution in [3.8, 4) is 0 Å². The molecule has 1 atom stereocenters. The van der Waals surface area contributed by atoms with Crippen LogP contribution in [0.15, 0.2) is 105 Å². The van der Waals surface area contributed by atoms with Crippen molar-refractivity contribution in [3.05, 3.63) is 105 Å². The molecule has 0 radical (unpaired) electrons. The topological polar surface area (TPSA) is 43.1 Å². The van der Waals surface area contributed by atoms with E-state index >= 15 is 0 Å². The number of rotatable bonds is 29. The first kappa shape index (κ1) is 49.1. The van der Waals surface area contributed by atoms with E-state index in [-0.39, 0.29) is 5.91 Å². The van der Waals surface area contributed by atoms with Gasteiger partial charge in [0.2, 0.25) is 5.91 Å². The second-order valence-electron chi connectivity index (χ2n) is 16.3. The lowest BCUT2D eigenvalue weighted by Gasteiger charge is -2.07. The van der Waals surface area contributed by atoms with Crippen LogP contribution in [-0.2, 0) is 4.79 Å². The van der Waals surface area contributed by atoms with Crippen molar-refractivity contribution in [1.82, 2.24) is 0 Å². The molecule has 0 aromatic carbocycles. The molecule has 2 N–H and O–H groups in total. The molecular weight excluding hydrogens is 631 g/mol. The molecule has 2 heteroatoms. The van der Waals surface area contributed by atoms with Crippen LogP contribution in [0.5, 0.6) is 0 Å². The summed E-state index contributed by atoms with van der Waals surface area (Å²) in [6.07, 6.45) is 42.8. The zero-order chi connectivity index (χ0) is 39.1. The molecule has 0 aromatic rings. The number of allylic oxidation sites excluding steroid dienone is 18. The van der Waals surface area contributed by atoms with Gasteiger partial charge in [0.1, 0.15) is 0 Å². The van der Waals surface area contributed by atoms with Crippen LogP contribution in [-0.4, -0.2) is 5.91 Å². The minimum Gasteiger partial charge on any atom is -0.370 e. The maximum atomic E-state index is 11.0. The third-order valence-electron chi connectivity index (χ3n) is 10.0. The lowest BCUT2D eigenvalue weighted by Crippen LogP contribution is -2.14. The predicted molar refractivity (Wildman–Crippen MR) is 236 cm³/mol. The summed E-state index contributed by atoms with van der Waals surface area (Å²) in [7, 11) is 0. The number of carbonyl (C=O) groups excluding carboxylic acids is 1. The fourth-order valence-electron chi connectivity index (χ4n) is 6.29. The minimum atomic E-state index is -0.194. The highest BCUT2D eigenvalue weighted by atomic mass is 16.1. The summed E-state index contributed by atoms with van der Waals surface area (Å²) >= 11 is 0. The first-order valence-electron chi connectivity index (χ1n) is 20.8. The average Bonchev–Trinajstić information content (AvgIpc) is 3.04. The SMILES string of the molecule is CC(C)=CCCC(C)=CCCC(C)=CCCC(C)=CCCC(C)=CCCC(C)=CCCC(C)=CCCC(C)=CCCC(C)=CCCC(C)CC(N)=O. The largest absolute Gasteiger partial charge is 0.370 e. The van der Waals surface area contributed by atoms with E-state index in [1.165, 1.54) is 95.1 Å². The van der Waals surface area contributed by atoms with Crippen LogP contribution in [0.25, 0.3) is 0 Å². The summed E-state index contributed by atoms with van der Waals surface area (Å²) in [4.78, 5) is 11.0. The molecule has 0 aliphatic carbocycles. The Kier molecular flexibility index (Phi) is 29.9. The molecule has 0 spiro atoms. The highest BCUT2D eigenvalue weighted by molar-refractivity contribution is 5.73. The van der Waals surface area contributed by atoms with Crippen molar-refractivity contribution in [2.45, 2.75) is 198 Å². The van der Waals surface area contributed by atoms with Gasteiger partial charge in [0.25, 0.3) is 0 Å². The lowest BCUT2D eigenvalue weighted by atomic mass is 9.99. The number of hydrogen-bond acceptors (Lipinski definition) is 1. The number of hydrogen-bond donors (Lipinski definition) is 1. The van der Waals surface area contributed by atoms with Crippen molar-refractivity contribution in [3.63, 3.8) is 0 Å². The number of primary amides is 1. The van der Waals surface area contributed by atoms with E-state index in [0.29, 0.717) is 12.3 Å². The van der Waals surface area contributed by atoms with Gasteiger partial charge in [-0.25, -0.2) is 0 Å². The van der Waals surface area contributed by atoms with Gasteiger partial charge in [0.15, 0.2) is 0 Å². The highest BCUT2D eigenvalue weighted by Crippen LogP contribution is 2.18. The Bertz CT molecular complexity index is 1280. The van der Waals surface area contributed by atoms with Gasteiger partial charge in [-0.15, -0.1) is 0 Å². The number of carbonyl (C=O) groups is 1. The summed E-state index contributed by atoms with van der Waals surface area (Å²) in [6, 6.07) is 0. The summed E-state index contributed by atoms with van der Waals surface area (Å²) in [5.74, 6) is 0.176. The maximum Gasteiger partial charge on any atom is 0.217 e. The van der Waals surface area contributed by atoms with Gasteiger partial charge in [0.05, 0.1) is 0 Å². The van der Waals surface area contributed by atoms with E-state index in [9.17, 15) is 4.79 Å². The minimum absolute atomic E-state index is 0.194.